The highest BCUT2D eigenvalue weighted by molar-refractivity contribution is 5.89. The van der Waals surface area contributed by atoms with Crippen molar-refractivity contribution in [2.75, 3.05) is 6.54 Å². The summed E-state index contributed by atoms with van der Waals surface area (Å²) in [5.41, 5.74) is 0.723. The number of rotatable bonds is 8. The van der Waals surface area contributed by atoms with Gasteiger partial charge < -0.3 is 15.5 Å². The third kappa shape index (κ3) is 6.26. The Morgan fingerprint density at radius 1 is 1.27 bits per heavy atom. The molecule has 1 atom stereocenters. The Labute approximate surface area is 131 Å². The van der Waals surface area contributed by atoms with Crippen LogP contribution in [-0.2, 0) is 11.2 Å². The number of carboxylic acid groups (broad SMARTS) is 1. The number of aliphatic hydroxyl groups excluding tert-OH is 1. The fourth-order valence-electron chi connectivity index (χ4n) is 2.49. The van der Waals surface area contributed by atoms with Gasteiger partial charge in [0.2, 0.25) is 5.91 Å². The number of carbonyl (C=O) groups is 2. The van der Waals surface area contributed by atoms with E-state index in [2.05, 4.69) is 5.32 Å². The molecule has 1 amide bonds. The van der Waals surface area contributed by atoms with Gasteiger partial charge >= 0.3 is 5.97 Å². The topological polar surface area (TPSA) is 86.6 Å². The average Bonchev–Trinajstić information content (AvgIpc) is 2.42. The summed E-state index contributed by atoms with van der Waals surface area (Å²) >= 11 is 0. The van der Waals surface area contributed by atoms with Crippen molar-refractivity contribution in [1.29, 1.82) is 0 Å². The molecule has 0 heterocycles. The molecule has 5 heteroatoms. The predicted molar refractivity (Wildman–Crippen MR) is 84.8 cm³/mol. The fraction of sp³-hybridized carbons (Fsp3) is 0.529. The van der Waals surface area contributed by atoms with Crippen molar-refractivity contribution in [2.24, 2.45) is 5.41 Å². The number of benzene rings is 1. The van der Waals surface area contributed by atoms with Gasteiger partial charge in [0, 0.05) is 13.0 Å². The van der Waals surface area contributed by atoms with Crippen molar-refractivity contribution >= 4 is 11.9 Å². The SMILES string of the molecule is CC(O)CC(C)(C)CNC(=O)CCc1ccccc1C(=O)O. The maximum atomic E-state index is 11.9. The number of carbonyl (C=O) groups excluding carboxylic acids is 1. The van der Waals surface area contributed by atoms with Crippen molar-refractivity contribution in [3.63, 3.8) is 0 Å². The second-order valence-corrected chi connectivity index (χ2v) is 6.46. The third-order valence-corrected chi connectivity index (χ3v) is 3.48. The fourth-order valence-corrected chi connectivity index (χ4v) is 2.49. The molecule has 1 aromatic carbocycles. The van der Waals surface area contributed by atoms with Crippen LogP contribution in [-0.4, -0.2) is 34.7 Å². The van der Waals surface area contributed by atoms with Gasteiger partial charge in [-0.1, -0.05) is 32.0 Å². The van der Waals surface area contributed by atoms with E-state index in [9.17, 15) is 14.7 Å². The summed E-state index contributed by atoms with van der Waals surface area (Å²) in [6.45, 7) is 6.18. The Balaban J connectivity index is 2.49. The molecule has 0 spiro atoms. The molecule has 1 unspecified atom stereocenters. The Bertz CT molecular complexity index is 523. The minimum Gasteiger partial charge on any atom is -0.478 e. The molecule has 1 aromatic rings. The van der Waals surface area contributed by atoms with E-state index >= 15 is 0 Å². The van der Waals surface area contributed by atoms with Gasteiger partial charge in [0.25, 0.3) is 0 Å². The molecule has 0 saturated carbocycles. The molecule has 0 fully saturated rings. The summed E-state index contributed by atoms with van der Waals surface area (Å²) in [5.74, 6) is -1.09. The monoisotopic (exact) mass is 307 g/mol. The lowest BCUT2D eigenvalue weighted by molar-refractivity contribution is -0.121. The Morgan fingerprint density at radius 3 is 2.50 bits per heavy atom. The summed E-state index contributed by atoms with van der Waals surface area (Å²) in [4.78, 5) is 23.0. The first-order chi connectivity index (χ1) is 10.2. The van der Waals surface area contributed by atoms with Gasteiger partial charge in [0.05, 0.1) is 11.7 Å². The molecule has 1 rings (SSSR count). The number of aromatic carboxylic acids is 1. The van der Waals surface area contributed by atoms with E-state index < -0.39 is 12.1 Å². The summed E-state index contributed by atoms with van der Waals surface area (Å²) in [7, 11) is 0. The van der Waals surface area contributed by atoms with Crippen LogP contribution < -0.4 is 5.32 Å². The molecular weight excluding hydrogens is 282 g/mol. The van der Waals surface area contributed by atoms with Crippen molar-refractivity contribution in [2.45, 2.75) is 46.1 Å². The van der Waals surface area contributed by atoms with Gasteiger partial charge in [0.1, 0.15) is 0 Å². The third-order valence-electron chi connectivity index (χ3n) is 3.48. The molecule has 0 bridgehead atoms. The smallest absolute Gasteiger partial charge is 0.335 e. The van der Waals surface area contributed by atoms with Gasteiger partial charge in [-0.15, -0.1) is 0 Å². The van der Waals surface area contributed by atoms with Gasteiger partial charge in [-0.25, -0.2) is 4.79 Å². The predicted octanol–water partition coefficient (Wildman–Crippen LogP) is 2.23. The molecule has 0 aromatic heterocycles. The number of amides is 1. The minimum atomic E-state index is -0.978. The first-order valence-corrected chi connectivity index (χ1v) is 7.47. The molecule has 0 aliphatic rings. The van der Waals surface area contributed by atoms with E-state index in [-0.39, 0.29) is 23.3 Å². The zero-order valence-electron chi connectivity index (χ0n) is 13.4. The van der Waals surface area contributed by atoms with E-state index in [0.717, 1.165) is 0 Å². The number of aryl methyl sites for hydroxylation is 1. The molecule has 22 heavy (non-hydrogen) atoms. The average molecular weight is 307 g/mol. The highest BCUT2D eigenvalue weighted by Gasteiger charge is 2.21. The number of nitrogens with one attached hydrogen (secondary N) is 1. The number of carboxylic acids is 1. The van der Waals surface area contributed by atoms with Gasteiger partial charge in [-0.3, -0.25) is 4.79 Å². The molecule has 0 aliphatic heterocycles. The van der Waals surface area contributed by atoms with Crippen LogP contribution in [0.4, 0.5) is 0 Å². The molecule has 0 saturated heterocycles. The lowest BCUT2D eigenvalue weighted by atomic mass is 9.87. The Kier molecular flexibility index (Phi) is 6.56. The standard InChI is InChI=1S/C17H25NO4/c1-12(19)10-17(2,3)11-18-15(20)9-8-13-6-4-5-7-14(13)16(21)22/h4-7,12,19H,8-11H2,1-3H3,(H,18,20)(H,21,22). The van der Waals surface area contributed by atoms with Crippen LogP contribution in [0.5, 0.6) is 0 Å². The largest absolute Gasteiger partial charge is 0.478 e. The highest BCUT2D eigenvalue weighted by atomic mass is 16.4. The second-order valence-electron chi connectivity index (χ2n) is 6.46. The van der Waals surface area contributed by atoms with E-state index in [1.807, 2.05) is 13.8 Å². The highest BCUT2D eigenvalue weighted by Crippen LogP contribution is 2.21. The normalized spacial score (nSPS) is 12.7. The number of aliphatic hydroxyl groups is 1. The molecule has 3 N–H and O–H groups in total. The molecule has 0 aliphatic carbocycles. The summed E-state index contributed by atoms with van der Waals surface area (Å²) < 4.78 is 0. The van der Waals surface area contributed by atoms with Crippen LogP contribution in [0.3, 0.4) is 0 Å². The van der Waals surface area contributed by atoms with Crippen LogP contribution in [0, 0.1) is 5.41 Å². The van der Waals surface area contributed by atoms with Gasteiger partial charge in [0.15, 0.2) is 0 Å². The minimum absolute atomic E-state index is 0.112. The van der Waals surface area contributed by atoms with Crippen molar-refractivity contribution < 1.29 is 19.8 Å². The molecule has 122 valence electrons. The molecule has 5 nitrogen and oxygen atoms in total. The van der Waals surface area contributed by atoms with Crippen molar-refractivity contribution in [3.8, 4) is 0 Å². The van der Waals surface area contributed by atoms with Gasteiger partial charge in [-0.2, -0.15) is 0 Å². The van der Waals surface area contributed by atoms with Crippen LogP contribution >= 0.6 is 0 Å². The quantitative estimate of drug-likeness (QED) is 0.687. The van der Waals surface area contributed by atoms with Crippen LogP contribution in [0.25, 0.3) is 0 Å². The summed E-state index contributed by atoms with van der Waals surface area (Å²) in [6, 6.07) is 6.71. The zero-order chi connectivity index (χ0) is 16.8. The van der Waals surface area contributed by atoms with Crippen molar-refractivity contribution in [3.05, 3.63) is 35.4 Å². The lowest BCUT2D eigenvalue weighted by Crippen LogP contribution is -2.35. The Morgan fingerprint density at radius 2 is 1.91 bits per heavy atom. The maximum Gasteiger partial charge on any atom is 0.335 e. The first-order valence-electron chi connectivity index (χ1n) is 7.47. The van der Waals surface area contributed by atoms with Crippen LogP contribution in [0.1, 0.15) is 49.5 Å². The van der Waals surface area contributed by atoms with Crippen LogP contribution in [0.15, 0.2) is 24.3 Å². The van der Waals surface area contributed by atoms with E-state index in [4.69, 9.17) is 5.11 Å². The molecule has 0 radical (unpaired) electrons. The number of hydrogen-bond donors (Lipinski definition) is 3. The summed E-state index contributed by atoms with van der Waals surface area (Å²) in [5, 5.41) is 21.4. The van der Waals surface area contributed by atoms with Crippen LogP contribution in [0.2, 0.25) is 0 Å². The van der Waals surface area contributed by atoms with E-state index in [0.29, 0.717) is 24.9 Å². The van der Waals surface area contributed by atoms with E-state index in [1.54, 1.807) is 31.2 Å². The summed E-state index contributed by atoms with van der Waals surface area (Å²) in [6.07, 6.45) is 0.837. The Hall–Kier alpha value is -1.88. The maximum absolute atomic E-state index is 11.9. The van der Waals surface area contributed by atoms with Gasteiger partial charge in [-0.05, 0) is 36.8 Å². The zero-order valence-corrected chi connectivity index (χ0v) is 13.4. The second kappa shape index (κ2) is 7.94. The van der Waals surface area contributed by atoms with E-state index in [1.165, 1.54) is 0 Å². The number of hydrogen-bond acceptors (Lipinski definition) is 3. The molecular formula is C17H25NO4. The lowest BCUT2D eigenvalue weighted by Gasteiger charge is -2.26. The van der Waals surface area contributed by atoms with Crippen molar-refractivity contribution in [1.82, 2.24) is 5.32 Å². The first kappa shape index (κ1) is 18.2.